The number of rotatable bonds is 9. The van der Waals surface area contributed by atoms with Gasteiger partial charge in [-0.15, -0.1) is 0 Å². The summed E-state index contributed by atoms with van der Waals surface area (Å²) in [5.41, 5.74) is 1.80. The molecule has 2 saturated heterocycles. The predicted octanol–water partition coefficient (Wildman–Crippen LogP) is 2.34. The highest BCUT2D eigenvalue weighted by molar-refractivity contribution is 5.94. The summed E-state index contributed by atoms with van der Waals surface area (Å²) in [6.07, 6.45) is 9.49. The van der Waals surface area contributed by atoms with Gasteiger partial charge in [-0.25, -0.2) is 0 Å². The van der Waals surface area contributed by atoms with Gasteiger partial charge in [-0.1, -0.05) is 13.8 Å². The largest absolute Gasteiger partial charge is 0.381 e. The summed E-state index contributed by atoms with van der Waals surface area (Å²) in [6.45, 7) is 5.78. The Labute approximate surface area is 250 Å². The molecule has 3 unspecified atom stereocenters. The number of aromatic nitrogens is 3. The van der Waals surface area contributed by atoms with Crippen molar-refractivity contribution in [2.75, 3.05) is 19.8 Å². The van der Waals surface area contributed by atoms with E-state index in [1.54, 1.807) is 42.0 Å². The van der Waals surface area contributed by atoms with Crippen LogP contribution in [-0.2, 0) is 25.5 Å². The van der Waals surface area contributed by atoms with Crippen molar-refractivity contribution in [2.24, 2.45) is 23.2 Å². The molecule has 222 valence electrons. The number of hydrogen-bond donors (Lipinski definition) is 2. The van der Waals surface area contributed by atoms with Gasteiger partial charge in [0.15, 0.2) is 0 Å². The maximum atomic E-state index is 14.2. The van der Waals surface area contributed by atoms with Gasteiger partial charge in [0.25, 0.3) is 0 Å². The number of carbonyl (C=O) groups excluding carboxylic acids is 3. The van der Waals surface area contributed by atoms with Gasteiger partial charge >= 0.3 is 0 Å². The molecule has 3 fully saturated rings. The summed E-state index contributed by atoms with van der Waals surface area (Å²) >= 11 is 0. The second kappa shape index (κ2) is 11.7. The van der Waals surface area contributed by atoms with Gasteiger partial charge in [0.1, 0.15) is 18.1 Å². The fourth-order valence-corrected chi connectivity index (χ4v) is 6.87. The van der Waals surface area contributed by atoms with E-state index in [0.717, 1.165) is 17.4 Å². The Kier molecular flexibility index (Phi) is 7.79. The highest BCUT2D eigenvalue weighted by atomic mass is 16.5. The first-order chi connectivity index (χ1) is 20.8. The van der Waals surface area contributed by atoms with Crippen LogP contribution in [0.1, 0.15) is 43.9 Å². The maximum absolute atomic E-state index is 14.2. The number of nitrogens with zero attached hydrogens (tertiary/aromatic N) is 5. The molecule has 6 rings (SSSR count). The van der Waals surface area contributed by atoms with Gasteiger partial charge in [-0.3, -0.25) is 29.3 Å². The van der Waals surface area contributed by atoms with Gasteiger partial charge in [0, 0.05) is 74.5 Å². The molecule has 11 heteroatoms. The molecule has 0 spiro atoms. The van der Waals surface area contributed by atoms with Gasteiger partial charge < -0.3 is 20.3 Å². The van der Waals surface area contributed by atoms with E-state index in [9.17, 15) is 19.6 Å². The fourth-order valence-electron chi connectivity index (χ4n) is 6.87. The van der Waals surface area contributed by atoms with Gasteiger partial charge in [0.2, 0.25) is 17.7 Å². The molecule has 2 N–H and O–H groups in total. The zero-order chi connectivity index (χ0) is 30.1. The molecule has 43 heavy (non-hydrogen) atoms. The minimum atomic E-state index is -1.00. The number of pyridine rings is 3. The summed E-state index contributed by atoms with van der Waals surface area (Å²) in [4.78, 5) is 55.6. The first-order valence-corrected chi connectivity index (χ1v) is 14.7. The minimum absolute atomic E-state index is 0.0625. The maximum Gasteiger partial charge on any atom is 0.246 e. The van der Waals surface area contributed by atoms with Crippen molar-refractivity contribution in [3.63, 3.8) is 0 Å². The van der Waals surface area contributed by atoms with Crippen LogP contribution in [0.4, 0.5) is 0 Å². The van der Waals surface area contributed by atoms with Gasteiger partial charge in [-0.05, 0) is 59.4 Å². The smallest absolute Gasteiger partial charge is 0.246 e. The van der Waals surface area contributed by atoms with Crippen LogP contribution in [0.3, 0.4) is 0 Å². The van der Waals surface area contributed by atoms with Crippen LogP contribution in [-0.4, -0.2) is 69.4 Å². The van der Waals surface area contributed by atoms with Crippen LogP contribution in [0.15, 0.2) is 55.2 Å². The average Bonchev–Trinajstić information content (AvgIpc) is 3.42. The summed E-state index contributed by atoms with van der Waals surface area (Å²) in [6, 6.07) is 6.81. The number of fused-ring (bicyclic) bond motifs is 2. The molecule has 0 aromatic carbocycles. The van der Waals surface area contributed by atoms with Crippen molar-refractivity contribution in [2.45, 2.75) is 51.2 Å². The highest BCUT2D eigenvalue weighted by Crippen LogP contribution is 2.65. The lowest BCUT2D eigenvalue weighted by Crippen LogP contribution is -2.56. The van der Waals surface area contributed by atoms with Crippen LogP contribution >= 0.6 is 0 Å². The fraction of sp³-hybridized carbons (Fsp3) is 0.469. The number of ether oxygens (including phenoxy) is 1. The molecule has 3 aromatic heterocycles. The Bertz CT molecular complexity index is 1560. The van der Waals surface area contributed by atoms with Crippen LogP contribution in [0.25, 0.3) is 10.9 Å². The van der Waals surface area contributed by atoms with Gasteiger partial charge in [-0.2, -0.15) is 5.26 Å². The van der Waals surface area contributed by atoms with Crippen LogP contribution in [0, 0.1) is 34.5 Å². The van der Waals surface area contributed by atoms with Crippen molar-refractivity contribution in [1.82, 2.24) is 30.5 Å². The third-order valence-electron chi connectivity index (χ3n) is 9.35. The van der Waals surface area contributed by atoms with E-state index < -0.39 is 24.0 Å². The lowest BCUT2D eigenvalue weighted by molar-refractivity contribution is -0.143. The average molecular weight is 582 g/mol. The lowest BCUT2D eigenvalue weighted by atomic mass is 9.97. The number of likely N-dealkylation sites (tertiary alicyclic amines) is 1. The Morgan fingerprint density at radius 3 is 2.70 bits per heavy atom. The molecule has 1 aliphatic carbocycles. The van der Waals surface area contributed by atoms with Crippen LogP contribution in [0.5, 0.6) is 0 Å². The van der Waals surface area contributed by atoms with Crippen molar-refractivity contribution in [3.05, 3.63) is 66.4 Å². The van der Waals surface area contributed by atoms with Crippen molar-refractivity contribution in [1.29, 1.82) is 5.26 Å². The van der Waals surface area contributed by atoms with E-state index >= 15 is 0 Å². The zero-order valence-corrected chi connectivity index (χ0v) is 24.3. The lowest BCUT2D eigenvalue weighted by Gasteiger charge is -2.33. The molecule has 11 nitrogen and oxygen atoms in total. The van der Waals surface area contributed by atoms with E-state index in [4.69, 9.17) is 4.74 Å². The first kappa shape index (κ1) is 28.7. The molecule has 3 aliphatic rings. The number of carbonyl (C=O) groups is 3. The number of nitrogens with one attached hydrogen (secondary N) is 2. The standard InChI is InChI=1S/C32H35N7O4/c1-32(2)23-17-39(31(42)24(12-19-5-9-34-10-6-19)37-26(40)13-20-7-11-43-18-20)29(27(23)32)30(41)38-25(14-33)22-16-35-15-21-4-3-8-36-28(21)22/h3-6,8-10,15-16,20,23-25,27,29H,7,11-13,17-18H2,1-2H3,(H,37,40)(H,38,41)/t20?,23-,24?,25?,27-,29-/m0/s1. The summed E-state index contributed by atoms with van der Waals surface area (Å²) in [7, 11) is 0. The van der Waals surface area contributed by atoms with Crippen molar-refractivity contribution >= 4 is 28.6 Å². The zero-order valence-electron chi connectivity index (χ0n) is 24.3. The Morgan fingerprint density at radius 1 is 1.14 bits per heavy atom. The van der Waals surface area contributed by atoms with E-state index in [1.165, 1.54) is 0 Å². The normalized spacial score (nSPS) is 24.9. The Balaban J connectivity index is 1.25. The van der Waals surface area contributed by atoms with Crippen molar-refractivity contribution in [3.8, 4) is 6.07 Å². The summed E-state index contributed by atoms with van der Waals surface area (Å²) in [5.74, 6) is -0.722. The molecular weight excluding hydrogens is 546 g/mol. The van der Waals surface area contributed by atoms with E-state index in [-0.39, 0.29) is 47.8 Å². The first-order valence-electron chi connectivity index (χ1n) is 14.7. The van der Waals surface area contributed by atoms with Crippen LogP contribution in [0.2, 0.25) is 0 Å². The molecule has 3 amide bonds. The number of hydrogen-bond acceptors (Lipinski definition) is 8. The van der Waals surface area contributed by atoms with Crippen LogP contribution < -0.4 is 10.6 Å². The molecule has 0 radical (unpaired) electrons. The molecule has 2 aliphatic heterocycles. The third kappa shape index (κ3) is 5.67. The third-order valence-corrected chi connectivity index (χ3v) is 9.35. The topological polar surface area (TPSA) is 150 Å². The van der Waals surface area contributed by atoms with E-state index in [2.05, 4.69) is 45.5 Å². The molecular formula is C32H35N7O4. The molecule has 6 atom stereocenters. The Hall–Kier alpha value is -4.43. The second-order valence-corrected chi connectivity index (χ2v) is 12.4. The SMILES string of the molecule is CC1(C)[C@@H]2[C@@H](C(=O)NC(C#N)c3cncc4cccnc34)N(C(=O)C(Cc3ccncc3)NC(=O)CC3CCOC3)C[C@@H]21. The number of amides is 3. The molecule has 0 bridgehead atoms. The monoisotopic (exact) mass is 581 g/mol. The summed E-state index contributed by atoms with van der Waals surface area (Å²) < 4.78 is 5.42. The van der Waals surface area contributed by atoms with E-state index in [0.29, 0.717) is 30.8 Å². The van der Waals surface area contributed by atoms with Gasteiger partial charge in [0.05, 0.1) is 11.6 Å². The second-order valence-electron chi connectivity index (χ2n) is 12.4. The molecule has 1 saturated carbocycles. The van der Waals surface area contributed by atoms with Crippen molar-refractivity contribution < 1.29 is 19.1 Å². The minimum Gasteiger partial charge on any atom is -0.381 e. The quantitative estimate of drug-likeness (QED) is 0.391. The highest BCUT2D eigenvalue weighted by Gasteiger charge is 2.69. The number of nitriles is 1. The number of piperidine rings is 1. The predicted molar refractivity (Wildman–Crippen MR) is 156 cm³/mol. The molecule has 5 heterocycles. The van der Waals surface area contributed by atoms with E-state index in [1.807, 2.05) is 18.2 Å². The Morgan fingerprint density at radius 2 is 1.95 bits per heavy atom. The molecule has 3 aromatic rings. The summed E-state index contributed by atoms with van der Waals surface area (Å²) in [5, 5.41) is 16.7.